The average molecular weight is 362 g/mol. The normalized spacial score (nSPS) is 16.3. The van der Waals surface area contributed by atoms with Crippen LogP contribution in [0.1, 0.15) is 19.3 Å². The second-order valence-electron chi connectivity index (χ2n) is 7.17. The Labute approximate surface area is 160 Å². The van der Waals surface area contributed by atoms with Gasteiger partial charge >= 0.3 is 0 Å². The third kappa shape index (κ3) is 4.43. The lowest BCUT2D eigenvalue weighted by Gasteiger charge is -2.28. The summed E-state index contributed by atoms with van der Waals surface area (Å²) in [5, 5.41) is 14.8. The molecule has 0 radical (unpaired) electrons. The molecule has 4 rings (SSSR count). The number of likely N-dealkylation sites (tertiary alicyclic amines) is 1. The molecule has 140 valence electrons. The van der Waals surface area contributed by atoms with Gasteiger partial charge in [0.15, 0.2) is 5.82 Å². The van der Waals surface area contributed by atoms with Crippen LogP contribution < -0.4 is 5.32 Å². The molecule has 0 bridgehead atoms. The van der Waals surface area contributed by atoms with Crippen LogP contribution in [-0.4, -0.2) is 52.3 Å². The van der Waals surface area contributed by atoms with Crippen molar-refractivity contribution >= 4 is 16.7 Å². The van der Waals surface area contributed by atoms with Crippen molar-refractivity contribution in [3.05, 3.63) is 54.6 Å². The van der Waals surface area contributed by atoms with Crippen LogP contribution in [-0.2, 0) is 0 Å². The van der Waals surface area contributed by atoms with Crippen LogP contribution >= 0.6 is 0 Å². The molecule has 2 heterocycles. The zero-order valence-electron chi connectivity index (χ0n) is 15.5. The lowest BCUT2D eigenvalue weighted by Crippen LogP contribution is -2.39. The molecular weight excluding hydrogens is 336 g/mol. The van der Waals surface area contributed by atoms with Crippen molar-refractivity contribution in [3.63, 3.8) is 0 Å². The molecule has 1 aliphatic rings. The SMILES string of the molecule is OC(CNc1nc(-c2ccccc2)nc2ccccc12)CN1CCCCC1. The van der Waals surface area contributed by atoms with E-state index in [4.69, 9.17) is 9.97 Å². The zero-order chi connectivity index (χ0) is 18.5. The van der Waals surface area contributed by atoms with E-state index in [0.29, 0.717) is 18.9 Å². The summed E-state index contributed by atoms with van der Waals surface area (Å²) in [7, 11) is 0. The van der Waals surface area contributed by atoms with Crippen molar-refractivity contribution < 1.29 is 5.11 Å². The van der Waals surface area contributed by atoms with Crippen LogP contribution in [0.25, 0.3) is 22.3 Å². The van der Waals surface area contributed by atoms with E-state index in [1.54, 1.807) is 0 Å². The summed E-state index contributed by atoms with van der Waals surface area (Å²) in [6.45, 7) is 3.37. The summed E-state index contributed by atoms with van der Waals surface area (Å²) in [5.41, 5.74) is 1.89. The monoisotopic (exact) mass is 362 g/mol. The molecule has 2 aromatic carbocycles. The van der Waals surface area contributed by atoms with Gasteiger partial charge < -0.3 is 15.3 Å². The molecule has 0 amide bonds. The molecule has 1 aliphatic heterocycles. The summed E-state index contributed by atoms with van der Waals surface area (Å²) >= 11 is 0. The molecule has 0 aliphatic carbocycles. The van der Waals surface area contributed by atoms with Gasteiger partial charge in [0.05, 0.1) is 11.6 Å². The topological polar surface area (TPSA) is 61.3 Å². The number of hydrogen-bond acceptors (Lipinski definition) is 5. The van der Waals surface area contributed by atoms with E-state index >= 15 is 0 Å². The van der Waals surface area contributed by atoms with E-state index < -0.39 is 6.10 Å². The van der Waals surface area contributed by atoms with E-state index in [-0.39, 0.29) is 0 Å². The molecule has 5 nitrogen and oxygen atoms in total. The van der Waals surface area contributed by atoms with Gasteiger partial charge in [0.1, 0.15) is 5.82 Å². The fourth-order valence-corrected chi connectivity index (χ4v) is 3.65. The van der Waals surface area contributed by atoms with Crippen LogP contribution in [0.2, 0.25) is 0 Å². The smallest absolute Gasteiger partial charge is 0.162 e. The minimum atomic E-state index is -0.419. The number of aromatic nitrogens is 2. The molecule has 27 heavy (non-hydrogen) atoms. The Morgan fingerprint density at radius 3 is 2.48 bits per heavy atom. The van der Waals surface area contributed by atoms with Gasteiger partial charge in [-0.05, 0) is 38.1 Å². The van der Waals surface area contributed by atoms with E-state index in [2.05, 4.69) is 10.2 Å². The van der Waals surface area contributed by atoms with Crippen molar-refractivity contribution in [3.8, 4) is 11.4 Å². The number of hydrogen-bond donors (Lipinski definition) is 2. The Morgan fingerprint density at radius 2 is 1.67 bits per heavy atom. The van der Waals surface area contributed by atoms with E-state index in [1.165, 1.54) is 19.3 Å². The number of fused-ring (bicyclic) bond motifs is 1. The highest BCUT2D eigenvalue weighted by Gasteiger charge is 2.15. The summed E-state index contributed by atoms with van der Waals surface area (Å²) in [4.78, 5) is 11.8. The molecule has 1 atom stereocenters. The van der Waals surface area contributed by atoms with Gasteiger partial charge in [-0.3, -0.25) is 0 Å². The lowest BCUT2D eigenvalue weighted by molar-refractivity contribution is 0.109. The van der Waals surface area contributed by atoms with Crippen LogP contribution in [0.15, 0.2) is 54.6 Å². The van der Waals surface area contributed by atoms with Gasteiger partial charge in [0.2, 0.25) is 0 Å². The number of anilines is 1. The molecule has 2 N–H and O–H groups in total. The molecule has 0 spiro atoms. The molecule has 1 aromatic heterocycles. The maximum atomic E-state index is 10.5. The Morgan fingerprint density at radius 1 is 0.926 bits per heavy atom. The van der Waals surface area contributed by atoms with E-state index in [1.807, 2.05) is 54.6 Å². The number of aliphatic hydroxyl groups is 1. The number of β-amino-alcohol motifs (C(OH)–C–C–N with tert-alkyl or cyclic N) is 1. The van der Waals surface area contributed by atoms with E-state index in [9.17, 15) is 5.11 Å². The van der Waals surface area contributed by atoms with Crippen molar-refractivity contribution in [2.75, 3.05) is 31.5 Å². The second kappa shape index (κ2) is 8.46. The Hall–Kier alpha value is -2.50. The second-order valence-corrected chi connectivity index (χ2v) is 7.17. The largest absolute Gasteiger partial charge is 0.390 e. The van der Waals surface area contributed by atoms with Gasteiger partial charge in [0.25, 0.3) is 0 Å². The third-order valence-electron chi connectivity index (χ3n) is 5.06. The van der Waals surface area contributed by atoms with Crippen LogP contribution in [0.3, 0.4) is 0 Å². The van der Waals surface area contributed by atoms with Gasteiger partial charge in [0, 0.05) is 24.0 Å². The first-order valence-corrected chi connectivity index (χ1v) is 9.76. The summed E-state index contributed by atoms with van der Waals surface area (Å²) in [5.74, 6) is 1.47. The minimum absolute atomic E-state index is 0.419. The van der Waals surface area contributed by atoms with Gasteiger partial charge in [-0.1, -0.05) is 48.9 Å². The Bertz CT molecular complexity index is 878. The third-order valence-corrected chi connectivity index (χ3v) is 5.06. The quantitative estimate of drug-likeness (QED) is 0.702. The molecule has 5 heteroatoms. The Kier molecular flexibility index (Phi) is 5.61. The first-order chi connectivity index (χ1) is 13.3. The van der Waals surface area contributed by atoms with Crippen molar-refractivity contribution in [1.29, 1.82) is 0 Å². The molecule has 3 aromatic rings. The molecular formula is C22H26N4O. The maximum absolute atomic E-state index is 10.5. The number of benzene rings is 2. The lowest BCUT2D eigenvalue weighted by atomic mass is 10.1. The van der Waals surface area contributed by atoms with Crippen molar-refractivity contribution in [2.24, 2.45) is 0 Å². The molecule has 1 fully saturated rings. The highest BCUT2D eigenvalue weighted by molar-refractivity contribution is 5.90. The first kappa shape index (κ1) is 17.9. The molecule has 1 unspecified atom stereocenters. The minimum Gasteiger partial charge on any atom is -0.390 e. The number of aliphatic hydroxyl groups excluding tert-OH is 1. The predicted molar refractivity (Wildman–Crippen MR) is 110 cm³/mol. The number of nitrogens with zero attached hydrogens (tertiary/aromatic N) is 3. The average Bonchev–Trinajstić information content (AvgIpc) is 2.73. The fraction of sp³-hybridized carbons (Fsp3) is 0.364. The summed E-state index contributed by atoms with van der Waals surface area (Å²) in [6.07, 6.45) is 3.35. The predicted octanol–water partition coefficient (Wildman–Crippen LogP) is 3.56. The summed E-state index contributed by atoms with van der Waals surface area (Å²) in [6, 6.07) is 18.0. The number of para-hydroxylation sites is 1. The number of rotatable bonds is 6. The van der Waals surface area contributed by atoms with Gasteiger partial charge in [-0.25, -0.2) is 9.97 Å². The highest BCUT2D eigenvalue weighted by Crippen LogP contribution is 2.24. The van der Waals surface area contributed by atoms with Crippen LogP contribution in [0, 0.1) is 0 Å². The summed E-state index contributed by atoms with van der Waals surface area (Å²) < 4.78 is 0. The Balaban J connectivity index is 1.53. The zero-order valence-corrected chi connectivity index (χ0v) is 15.5. The van der Waals surface area contributed by atoms with Gasteiger partial charge in [-0.15, -0.1) is 0 Å². The highest BCUT2D eigenvalue weighted by atomic mass is 16.3. The van der Waals surface area contributed by atoms with E-state index in [0.717, 1.165) is 35.4 Å². The van der Waals surface area contributed by atoms with Crippen molar-refractivity contribution in [2.45, 2.75) is 25.4 Å². The number of piperidine rings is 1. The van der Waals surface area contributed by atoms with Crippen molar-refractivity contribution in [1.82, 2.24) is 14.9 Å². The molecule has 0 saturated carbocycles. The maximum Gasteiger partial charge on any atom is 0.162 e. The molecule has 1 saturated heterocycles. The first-order valence-electron chi connectivity index (χ1n) is 9.76. The van der Waals surface area contributed by atoms with Crippen LogP contribution in [0.5, 0.6) is 0 Å². The van der Waals surface area contributed by atoms with Crippen LogP contribution in [0.4, 0.5) is 5.82 Å². The number of nitrogens with one attached hydrogen (secondary N) is 1. The standard InChI is InChI=1S/C22H26N4O/c27-18(16-26-13-7-2-8-14-26)15-23-22-19-11-5-6-12-20(19)24-21(25-22)17-9-3-1-4-10-17/h1,3-6,9-12,18,27H,2,7-8,13-16H2,(H,23,24,25). The van der Waals surface area contributed by atoms with Gasteiger partial charge in [-0.2, -0.15) is 0 Å². The fourth-order valence-electron chi connectivity index (χ4n) is 3.65.